The molecule has 1 aromatic carbocycles. The summed E-state index contributed by atoms with van der Waals surface area (Å²) in [6.45, 7) is 17.7. The number of hydrogen-bond acceptors (Lipinski definition) is 10. The number of ether oxygens (including phenoxy) is 5. The summed E-state index contributed by atoms with van der Waals surface area (Å²) in [5.74, 6) is -1.37. The quantitative estimate of drug-likeness (QED) is 0.231. The summed E-state index contributed by atoms with van der Waals surface area (Å²) in [5, 5.41) is 0. The van der Waals surface area contributed by atoms with Gasteiger partial charge in [0.15, 0.2) is 11.5 Å². The van der Waals surface area contributed by atoms with Crippen molar-refractivity contribution in [2.75, 3.05) is 6.61 Å². The lowest BCUT2D eigenvalue weighted by molar-refractivity contribution is -0.152. The first-order valence-electron chi connectivity index (χ1n) is 13.8. The third-order valence-electron chi connectivity index (χ3n) is 7.02. The minimum absolute atomic E-state index is 0.0523. The van der Waals surface area contributed by atoms with Gasteiger partial charge in [-0.1, -0.05) is 33.8 Å². The Balaban J connectivity index is 2.96. The van der Waals surface area contributed by atoms with Crippen LogP contribution in [-0.2, 0) is 35.0 Å². The lowest BCUT2D eigenvalue weighted by atomic mass is 9.90. The number of carbonyl (C=O) groups is 4. The summed E-state index contributed by atoms with van der Waals surface area (Å²) in [6.07, 6.45) is -0.765. The molecule has 0 bridgehead atoms. The predicted molar refractivity (Wildman–Crippen MR) is 150 cm³/mol. The third kappa shape index (κ3) is 10.8. The van der Waals surface area contributed by atoms with Crippen molar-refractivity contribution in [3.8, 4) is 11.5 Å². The van der Waals surface area contributed by atoms with E-state index >= 15 is 0 Å². The van der Waals surface area contributed by atoms with Gasteiger partial charge >= 0.3 is 24.1 Å². The van der Waals surface area contributed by atoms with E-state index in [2.05, 4.69) is 0 Å². The second kappa shape index (κ2) is 15.0. The molecular weight excluding hydrogens is 518 g/mol. The largest absolute Gasteiger partial charge is 0.508 e. The third-order valence-corrected chi connectivity index (χ3v) is 7.02. The van der Waals surface area contributed by atoms with Crippen LogP contribution in [0.3, 0.4) is 0 Å². The van der Waals surface area contributed by atoms with Crippen LogP contribution in [0, 0.1) is 16.7 Å². The molecule has 0 aliphatic rings. The molecule has 1 aromatic rings. The van der Waals surface area contributed by atoms with Crippen molar-refractivity contribution in [3.05, 3.63) is 23.8 Å². The van der Waals surface area contributed by atoms with E-state index in [0.717, 1.165) is 0 Å². The summed E-state index contributed by atoms with van der Waals surface area (Å²) in [4.78, 5) is 49.9. The molecule has 1 unspecified atom stereocenters. The van der Waals surface area contributed by atoms with E-state index in [1.807, 2.05) is 27.7 Å². The van der Waals surface area contributed by atoms with Gasteiger partial charge in [-0.25, -0.2) is 4.79 Å². The van der Waals surface area contributed by atoms with E-state index in [-0.39, 0.29) is 36.5 Å². The van der Waals surface area contributed by atoms with E-state index in [9.17, 15) is 19.2 Å². The molecular formula is C30H47NO9. The average molecular weight is 566 g/mol. The monoisotopic (exact) mass is 565 g/mol. The van der Waals surface area contributed by atoms with Crippen molar-refractivity contribution in [2.24, 2.45) is 22.5 Å². The van der Waals surface area contributed by atoms with Crippen LogP contribution in [0.15, 0.2) is 18.2 Å². The Morgan fingerprint density at radius 2 is 1.35 bits per heavy atom. The molecule has 0 saturated carbocycles. The maximum atomic E-state index is 12.8. The van der Waals surface area contributed by atoms with Gasteiger partial charge in [0.05, 0.1) is 10.8 Å². The molecule has 226 valence electrons. The van der Waals surface area contributed by atoms with Gasteiger partial charge in [-0.05, 0) is 84.4 Å². The Hall–Kier alpha value is -3.14. The van der Waals surface area contributed by atoms with E-state index in [0.29, 0.717) is 18.4 Å². The average Bonchev–Trinajstić information content (AvgIpc) is 2.88. The van der Waals surface area contributed by atoms with Crippen molar-refractivity contribution in [3.63, 3.8) is 0 Å². The molecule has 2 N–H and O–H groups in total. The molecule has 10 heteroatoms. The molecule has 0 aromatic heterocycles. The molecule has 0 heterocycles. The second-order valence-electron chi connectivity index (χ2n) is 11.7. The molecule has 0 radical (unpaired) electrons. The molecule has 1 rings (SSSR count). The molecule has 3 atom stereocenters. The molecule has 0 amide bonds. The van der Waals surface area contributed by atoms with Crippen molar-refractivity contribution in [1.82, 2.24) is 0 Å². The fourth-order valence-electron chi connectivity index (χ4n) is 2.77. The molecule has 0 aliphatic heterocycles. The normalized spacial score (nSPS) is 14.1. The summed E-state index contributed by atoms with van der Waals surface area (Å²) in [6, 6.07) is 3.61. The highest BCUT2D eigenvalue weighted by molar-refractivity contribution is 5.81. The molecule has 0 saturated heterocycles. The van der Waals surface area contributed by atoms with Crippen LogP contribution >= 0.6 is 0 Å². The van der Waals surface area contributed by atoms with Gasteiger partial charge in [0, 0.05) is 0 Å². The highest BCUT2D eigenvalue weighted by Crippen LogP contribution is 2.34. The molecule has 10 nitrogen and oxygen atoms in total. The summed E-state index contributed by atoms with van der Waals surface area (Å²) >= 11 is 0. The Morgan fingerprint density at radius 1 is 0.825 bits per heavy atom. The van der Waals surface area contributed by atoms with E-state index in [4.69, 9.17) is 29.4 Å². The first kappa shape index (κ1) is 34.9. The van der Waals surface area contributed by atoms with Crippen molar-refractivity contribution >= 4 is 24.1 Å². The minimum atomic E-state index is -1.06. The number of benzene rings is 1. The summed E-state index contributed by atoms with van der Waals surface area (Å²) in [7, 11) is 0. The summed E-state index contributed by atoms with van der Waals surface area (Å²) < 4.78 is 26.7. The Morgan fingerprint density at radius 3 is 1.85 bits per heavy atom. The number of nitrogens with two attached hydrogens (primary N) is 1. The lowest BCUT2D eigenvalue weighted by Crippen LogP contribution is -2.37. The molecule has 0 aliphatic carbocycles. The fraction of sp³-hybridized carbons (Fsp3) is 0.667. The van der Waals surface area contributed by atoms with E-state index in [1.165, 1.54) is 12.1 Å². The van der Waals surface area contributed by atoms with Gasteiger partial charge in [-0.2, -0.15) is 0 Å². The van der Waals surface area contributed by atoms with Crippen molar-refractivity contribution in [1.29, 1.82) is 0 Å². The molecule has 40 heavy (non-hydrogen) atoms. The lowest BCUT2D eigenvalue weighted by Gasteiger charge is -2.23. The van der Waals surface area contributed by atoms with Gasteiger partial charge in [-0.3, -0.25) is 14.4 Å². The zero-order chi connectivity index (χ0) is 30.8. The van der Waals surface area contributed by atoms with Crippen LogP contribution in [0.1, 0.15) is 87.6 Å². The number of rotatable bonds is 14. The highest BCUT2D eigenvalue weighted by Gasteiger charge is 2.32. The predicted octanol–water partition coefficient (Wildman–Crippen LogP) is 5.37. The van der Waals surface area contributed by atoms with Gasteiger partial charge in [0.2, 0.25) is 0 Å². The Labute approximate surface area is 238 Å². The topological polar surface area (TPSA) is 140 Å². The first-order chi connectivity index (χ1) is 18.4. The maximum absolute atomic E-state index is 12.8. The van der Waals surface area contributed by atoms with Gasteiger partial charge in [-0.15, -0.1) is 0 Å². The smallest absolute Gasteiger partial charge is 0.458 e. The van der Waals surface area contributed by atoms with Crippen LogP contribution in [0.5, 0.6) is 11.5 Å². The van der Waals surface area contributed by atoms with Crippen LogP contribution in [0.4, 0.5) is 4.79 Å². The zero-order valence-electron chi connectivity index (χ0n) is 25.6. The SMILES string of the molecule is CCC(C)(C)C(=O)Oc1ccc(C[C@H](N)C(=O)O[C@@H](C)COC(=O)OC(C)C(C)C)cc1OC(=O)C(C)(C)CC. The van der Waals surface area contributed by atoms with Crippen LogP contribution in [-0.4, -0.2) is 48.9 Å². The second-order valence-corrected chi connectivity index (χ2v) is 11.7. The van der Waals surface area contributed by atoms with Crippen molar-refractivity contribution < 1.29 is 42.9 Å². The highest BCUT2D eigenvalue weighted by atomic mass is 16.7. The van der Waals surface area contributed by atoms with Crippen LogP contribution < -0.4 is 15.2 Å². The Kier molecular flexibility index (Phi) is 13.1. The Bertz CT molecular complexity index is 1030. The number of carbonyl (C=O) groups excluding carboxylic acids is 4. The number of hydrogen-bond donors (Lipinski definition) is 1. The van der Waals surface area contributed by atoms with Gasteiger partial charge in [0.1, 0.15) is 24.9 Å². The molecule has 0 fully saturated rings. The minimum Gasteiger partial charge on any atom is -0.458 e. The standard InChI is InChI=1S/C30H47NO9/c1-11-29(7,8)26(33)39-23-14-13-21(16-24(23)40-27(34)30(9,10)12-2)15-22(31)25(32)37-19(5)17-36-28(35)38-20(6)18(3)4/h13-14,16,18-20,22H,11-12,15,17,31H2,1-10H3/t19-,20?,22-/m0/s1. The zero-order valence-corrected chi connectivity index (χ0v) is 25.6. The van der Waals surface area contributed by atoms with E-state index in [1.54, 1.807) is 47.6 Å². The van der Waals surface area contributed by atoms with Crippen LogP contribution in [0.2, 0.25) is 0 Å². The number of esters is 3. The van der Waals surface area contributed by atoms with Crippen LogP contribution in [0.25, 0.3) is 0 Å². The van der Waals surface area contributed by atoms with Gasteiger partial charge < -0.3 is 29.4 Å². The maximum Gasteiger partial charge on any atom is 0.508 e. The van der Waals surface area contributed by atoms with Gasteiger partial charge in [0.25, 0.3) is 0 Å². The first-order valence-corrected chi connectivity index (χ1v) is 13.8. The van der Waals surface area contributed by atoms with Crippen molar-refractivity contribution in [2.45, 2.75) is 107 Å². The summed E-state index contributed by atoms with van der Waals surface area (Å²) in [5.41, 5.74) is 5.15. The van der Waals surface area contributed by atoms with E-state index < -0.39 is 47.0 Å². The fourth-order valence-corrected chi connectivity index (χ4v) is 2.77. The molecule has 0 spiro atoms.